The Balaban J connectivity index is 2.10. The number of rotatable bonds is 5. The zero-order chi connectivity index (χ0) is 15.5. The molecule has 3 aromatic rings. The molecule has 1 aromatic heterocycles. The second kappa shape index (κ2) is 6.63. The van der Waals surface area contributed by atoms with E-state index in [1.807, 2.05) is 18.2 Å². The van der Waals surface area contributed by atoms with Gasteiger partial charge in [0.2, 0.25) is 0 Å². The second-order valence-electron chi connectivity index (χ2n) is 5.42. The first-order chi connectivity index (χ1) is 10.7. The molecule has 3 N–H and O–H groups in total. The molecule has 0 radical (unpaired) electrons. The Morgan fingerprint density at radius 1 is 1.05 bits per heavy atom. The lowest BCUT2D eigenvalue weighted by Crippen LogP contribution is -1.99. The van der Waals surface area contributed by atoms with Crippen molar-refractivity contribution in [3.05, 3.63) is 58.3 Å². The van der Waals surface area contributed by atoms with Crippen LogP contribution < -0.4 is 5.73 Å². The van der Waals surface area contributed by atoms with Gasteiger partial charge in [0.25, 0.3) is 0 Å². The molecule has 1 heterocycles. The predicted molar refractivity (Wildman–Crippen MR) is 93.4 cm³/mol. The van der Waals surface area contributed by atoms with E-state index in [4.69, 9.17) is 5.73 Å². The molecular formula is C18H18BrFN2. The van der Waals surface area contributed by atoms with E-state index in [-0.39, 0.29) is 5.82 Å². The number of unbranched alkanes of at least 4 members (excludes halogenated alkanes) is 1. The first kappa shape index (κ1) is 15.3. The first-order valence-electron chi connectivity index (χ1n) is 7.45. The highest BCUT2D eigenvalue weighted by Gasteiger charge is 2.13. The zero-order valence-electron chi connectivity index (χ0n) is 12.2. The van der Waals surface area contributed by atoms with Crippen LogP contribution in [0.3, 0.4) is 0 Å². The highest BCUT2D eigenvalue weighted by molar-refractivity contribution is 9.10. The lowest BCUT2D eigenvalue weighted by atomic mass is 10.0. The van der Waals surface area contributed by atoms with Crippen LogP contribution in [0.5, 0.6) is 0 Å². The fourth-order valence-electron chi connectivity index (χ4n) is 2.79. The number of aromatic amines is 1. The molecule has 0 atom stereocenters. The summed E-state index contributed by atoms with van der Waals surface area (Å²) >= 11 is 3.54. The summed E-state index contributed by atoms with van der Waals surface area (Å²) in [4.78, 5) is 3.48. The quantitative estimate of drug-likeness (QED) is 0.616. The van der Waals surface area contributed by atoms with Crippen molar-refractivity contribution < 1.29 is 4.39 Å². The minimum atomic E-state index is -0.215. The van der Waals surface area contributed by atoms with Crippen molar-refractivity contribution in [3.63, 3.8) is 0 Å². The number of H-pyrrole nitrogens is 1. The van der Waals surface area contributed by atoms with Crippen LogP contribution in [0.25, 0.3) is 22.2 Å². The van der Waals surface area contributed by atoms with Crippen molar-refractivity contribution in [2.45, 2.75) is 19.3 Å². The summed E-state index contributed by atoms with van der Waals surface area (Å²) in [6.45, 7) is 0.706. The zero-order valence-corrected chi connectivity index (χ0v) is 13.8. The van der Waals surface area contributed by atoms with E-state index in [1.165, 1.54) is 23.1 Å². The summed E-state index contributed by atoms with van der Waals surface area (Å²) in [5, 5.41) is 1.21. The van der Waals surface area contributed by atoms with Crippen LogP contribution >= 0.6 is 15.9 Å². The van der Waals surface area contributed by atoms with Gasteiger partial charge in [-0.2, -0.15) is 0 Å². The van der Waals surface area contributed by atoms with Gasteiger partial charge in [0.15, 0.2) is 0 Å². The van der Waals surface area contributed by atoms with E-state index < -0.39 is 0 Å². The van der Waals surface area contributed by atoms with E-state index in [0.717, 1.165) is 40.5 Å². The number of aryl methyl sites for hydroxylation is 1. The number of benzene rings is 2. The molecule has 0 aliphatic carbocycles. The number of hydrogen-bond acceptors (Lipinski definition) is 1. The van der Waals surface area contributed by atoms with Gasteiger partial charge in [-0.05, 0) is 79.4 Å². The van der Waals surface area contributed by atoms with Crippen molar-refractivity contribution >= 4 is 26.8 Å². The number of halogens is 2. The molecule has 2 aromatic carbocycles. The van der Waals surface area contributed by atoms with Crippen LogP contribution in [0.1, 0.15) is 18.4 Å². The van der Waals surface area contributed by atoms with Gasteiger partial charge in [-0.3, -0.25) is 0 Å². The molecule has 4 heteroatoms. The highest BCUT2D eigenvalue weighted by atomic mass is 79.9. The number of fused-ring (bicyclic) bond motifs is 1. The van der Waals surface area contributed by atoms with Crippen LogP contribution in [-0.4, -0.2) is 11.5 Å². The number of aromatic nitrogens is 1. The maximum Gasteiger partial charge on any atom is 0.123 e. The van der Waals surface area contributed by atoms with E-state index >= 15 is 0 Å². The lowest BCUT2D eigenvalue weighted by molar-refractivity contribution is 0.628. The Bertz CT molecular complexity index is 778. The fourth-order valence-corrected chi connectivity index (χ4v) is 3.15. The Morgan fingerprint density at radius 3 is 2.55 bits per heavy atom. The third-order valence-electron chi connectivity index (χ3n) is 3.88. The third kappa shape index (κ3) is 3.08. The summed E-state index contributed by atoms with van der Waals surface area (Å²) in [5.41, 5.74) is 10.1. The normalized spacial score (nSPS) is 11.2. The van der Waals surface area contributed by atoms with Crippen LogP contribution in [0.4, 0.5) is 4.39 Å². The molecule has 22 heavy (non-hydrogen) atoms. The van der Waals surface area contributed by atoms with E-state index in [1.54, 1.807) is 0 Å². The SMILES string of the molecule is NCCCCc1c(-c2ccc(F)cc2)[nH]c2ccc(Br)cc12. The highest BCUT2D eigenvalue weighted by Crippen LogP contribution is 2.33. The summed E-state index contributed by atoms with van der Waals surface area (Å²) in [6.07, 6.45) is 3.01. The molecule has 0 unspecified atom stereocenters. The molecule has 3 rings (SSSR count). The molecule has 2 nitrogen and oxygen atoms in total. The smallest absolute Gasteiger partial charge is 0.123 e. The molecule has 0 aliphatic heterocycles. The Hall–Kier alpha value is -1.65. The summed E-state index contributed by atoms with van der Waals surface area (Å²) in [5.74, 6) is -0.215. The van der Waals surface area contributed by atoms with Gasteiger partial charge in [0, 0.05) is 21.1 Å². The monoisotopic (exact) mass is 360 g/mol. The van der Waals surface area contributed by atoms with Crippen molar-refractivity contribution in [1.82, 2.24) is 4.98 Å². The van der Waals surface area contributed by atoms with Crippen LogP contribution in [-0.2, 0) is 6.42 Å². The topological polar surface area (TPSA) is 41.8 Å². The van der Waals surface area contributed by atoms with Gasteiger partial charge in [0.05, 0.1) is 0 Å². The Kier molecular flexibility index (Phi) is 4.60. The van der Waals surface area contributed by atoms with Crippen molar-refractivity contribution in [1.29, 1.82) is 0 Å². The van der Waals surface area contributed by atoms with Gasteiger partial charge in [0.1, 0.15) is 5.82 Å². The molecule has 0 fully saturated rings. The van der Waals surface area contributed by atoms with Crippen molar-refractivity contribution in [3.8, 4) is 11.3 Å². The minimum absolute atomic E-state index is 0.215. The summed E-state index contributed by atoms with van der Waals surface area (Å²) < 4.78 is 14.2. The summed E-state index contributed by atoms with van der Waals surface area (Å²) in [6, 6.07) is 12.9. The maximum atomic E-state index is 13.2. The molecular weight excluding hydrogens is 343 g/mol. The molecule has 0 aliphatic rings. The van der Waals surface area contributed by atoms with E-state index in [2.05, 4.69) is 33.0 Å². The summed E-state index contributed by atoms with van der Waals surface area (Å²) in [7, 11) is 0. The van der Waals surface area contributed by atoms with Crippen LogP contribution in [0.15, 0.2) is 46.9 Å². The fraction of sp³-hybridized carbons (Fsp3) is 0.222. The van der Waals surface area contributed by atoms with Gasteiger partial charge < -0.3 is 10.7 Å². The van der Waals surface area contributed by atoms with Gasteiger partial charge in [-0.25, -0.2) is 4.39 Å². The van der Waals surface area contributed by atoms with E-state index in [9.17, 15) is 4.39 Å². The number of hydrogen-bond donors (Lipinski definition) is 2. The number of nitrogens with one attached hydrogen (secondary N) is 1. The second-order valence-corrected chi connectivity index (χ2v) is 6.34. The number of nitrogens with two attached hydrogens (primary N) is 1. The van der Waals surface area contributed by atoms with Crippen LogP contribution in [0.2, 0.25) is 0 Å². The average molecular weight is 361 g/mol. The largest absolute Gasteiger partial charge is 0.354 e. The van der Waals surface area contributed by atoms with Crippen LogP contribution in [0, 0.1) is 5.82 Å². The Labute approximate surface area is 137 Å². The van der Waals surface area contributed by atoms with Crippen molar-refractivity contribution in [2.75, 3.05) is 6.54 Å². The maximum absolute atomic E-state index is 13.2. The van der Waals surface area contributed by atoms with Gasteiger partial charge in [-0.15, -0.1) is 0 Å². The molecule has 0 bridgehead atoms. The lowest BCUT2D eigenvalue weighted by Gasteiger charge is -2.05. The molecule has 0 amide bonds. The third-order valence-corrected chi connectivity index (χ3v) is 4.38. The van der Waals surface area contributed by atoms with Gasteiger partial charge >= 0.3 is 0 Å². The average Bonchev–Trinajstić information content (AvgIpc) is 2.86. The molecule has 114 valence electrons. The molecule has 0 saturated carbocycles. The first-order valence-corrected chi connectivity index (χ1v) is 8.24. The van der Waals surface area contributed by atoms with Gasteiger partial charge in [-0.1, -0.05) is 15.9 Å². The Morgan fingerprint density at radius 2 is 1.82 bits per heavy atom. The van der Waals surface area contributed by atoms with E-state index in [0.29, 0.717) is 6.54 Å². The predicted octanol–water partition coefficient (Wildman–Crippen LogP) is 5.02. The van der Waals surface area contributed by atoms with Crippen molar-refractivity contribution in [2.24, 2.45) is 5.73 Å². The minimum Gasteiger partial charge on any atom is -0.354 e. The molecule has 0 spiro atoms. The standard InChI is InChI=1S/C18H18BrFN2/c19-13-6-9-17-16(11-13)15(3-1-2-10-21)18(22-17)12-4-7-14(20)8-5-12/h4-9,11,22H,1-3,10,21H2. The molecule has 0 saturated heterocycles.